The average molecular weight is 468 g/mol. The monoisotopic (exact) mass is 468 g/mol. The smallest absolute Gasteiger partial charge is 0.310 e. The quantitative estimate of drug-likeness (QED) is 0.490. The Kier molecular flexibility index (Phi) is 5.00. The van der Waals surface area contributed by atoms with Crippen LogP contribution in [0.1, 0.15) is 66.1 Å². The number of pyridine rings is 1. The third-order valence-corrected chi connectivity index (χ3v) is 6.48. The summed E-state index contributed by atoms with van der Waals surface area (Å²) in [6, 6.07) is 5.43. The first-order valence-electron chi connectivity index (χ1n) is 10.6. The zero-order chi connectivity index (χ0) is 24.2. The van der Waals surface area contributed by atoms with Crippen LogP contribution in [0.3, 0.4) is 0 Å². The second-order valence-corrected chi connectivity index (χ2v) is 8.38. The fourth-order valence-electron chi connectivity index (χ4n) is 4.48. The molecule has 9 nitrogen and oxygen atoms in total. The maximum Gasteiger partial charge on any atom is 0.433 e. The van der Waals surface area contributed by atoms with E-state index in [1.165, 1.54) is 10.7 Å². The van der Waals surface area contributed by atoms with Gasteiger partial charge in [0, 0.05) is 37.0 Å². The van der Waals surface area contributed by atoms with Gasteiger partial charge in [-0.15, -0.1) is 0 Å². The maximum absolute atomic E-state index is 13.0. The van der Waals surface area contributed by atoms with Gasteiger partial charge in [-0.05, 0) is 37.5 Å². The Hall–Kier alpha value is -4.01. The molecule has 1 aliphatic carbocycles. The van der Waals surface area contributed by atoms with Crippen LogP contribution in [0.15, 0.2) is 35.4 Å². The molecule has 1 fully saturated rings. The van der Waals surface area contributed by atoms with Gasteiger partial charge in [0.25, 0.3) is 5.56 Å². The predicted molar refractivity (Wildman–Crippen MR) is 114 cm³/mol. The number of aromatic nitrogens is 7. The summed E-state index contributed by atoms with van der Waals surface area (Å²) in [5.41, 5.74) is 0.0965. The molecule has 174 valence electrons. The van der Waals surface area contributed by atoms with Crippen molar-refractivity contribution in [1.29, 1.82) is 5.26 Å². The highest BCUT2D eigenvalue weighted by atomic mass is 19.4. The molecule has 0 spiro atoms. The van der Waals surface area contributed by atoms with Crippen LogP contribution in [0.2, 0.25) is 0 Å². The molecule has 4 aromatic heterocycles. The summed E-state index contributed by atoms with van der Waals surface area (Å²) in [5, 5.41) is 18.1. The Morgan fingerprint density at radius 3 is 2.56 bits per heavy atom. The second-order valence-electron chi connectivity index (χ2n) is 8.38. The predicted octanol–water partition coefficient (Wildman–Crippen LogP) is 3.41. The molecule has 0 radical (unpaired) electrons. The molecule has 0 aliphatic heterocycles. The number of hydrogen-bond donors (Lipinski definition) is 1. The number of hydrogen-bond acceptors (Lipinski definition) is 6. The molecule has 34 heavy (non-hydrogen) atoms. The Bertz CT molecular complexity index is 1480. The molecule has 5 rings (SSSR count). The van der Waals surface area contributed by atoms with Crippen LogP contribution in [-0.2, 0) is 13.2 Å². The molecule has 0 bridgehead atoms. The zero-order valence-corrected chi connectivity index (χ0v) is 18.2. The van der Waals surface area contributed by atoms with E-state index in [-0.39, 0.29) is 28.6 Å². The van der Waals surface area contributed by atoms with Crippen molar-refractivity contribution in [3.63, 3.8) is 0 Å². The summed E-state index contributed by atoms with van der Waals surface area (Å²) < 4.78 is 41.9. The molecule has 12 heteroatoms. The molecule has 0 aromatic carbocycles. The zero-order valence-electron chi connectivity index (χ0n) is 18.2. The molecule has 4 heterocycles. The number of fused-ring (bicyclic) bond motifs is 1. The fourth-order valence-corrected chi connectivity index (χ4v) is 4.48. The van der Waals surface area contributed by atoms with Gasteiger partial charge in [0.1, 0.15) is 23.0 Å². The highest BCUT2D eigenvalue weighted by Gasteiger charge is 2.38. The first-order chi connectivity index (χ1) is 16.2. The minimum atomic E-state index is -4.55. The lowest BCUT2D eigenvalue weighted by Gasteiger charge is -2.35. The maximum atomic E-state index is 13.0. The number of aromatic amines is 1. The van der Waals surface area contributed by atoms with E-state index < -0.39 is 23.5 Å². The number of nitrogens with zero attached hydrogens (tertiary/aromatic N) is 7. The largest absolute Gasteiger partial charge is 0.433 e. The minimum absolute atomic E-state index is 0.0376. The summed E-state index contributed by atoms with van der Waals surface area (Å²) in [4.78, 5) is 24.0. The Balaban J connectivity index is 1.58. The highest BCUT2D eigenvalue weighted by molar-refractivity contribution is 5.80. The highest BCUT2D eigenvalue weighted by Crippen LogP contribution is 2.47. The topological polar surface area (TPSA) is 118 Å². The van der Waals surface area contributed by atoms with Crippen molar-refractivity contribution in [1.82, 2.24) is 34.5 Å². The van der Waals surface area contributed by atoms with E-state index in [1.807, 2.05) is 19.2 Å². The molecule has 1 N–H and O–H groups in total. The SMILES string of the molecule is C[C@@H](c1ccc(C(F)(F)F)nc1)n1nc(C#N)c2c(=O)[nH]c([C@H]3CC[C@@H]3c3ccnn3C)nc21. The number of rotatable bonds is 4. The lowest BCUT2D eigenvalue weighted by atomic mass is 9.71. The Labute approximate surface area is 190 Å². The van der Waals surface area contributed by atoms with Gasteiger partial charge >= 0.3 is 6.18 Å². The Morgan fingerprint density at radius 1 is 1.24 bits per heavy atom. The minimum Gasteiger partial charge on any atom is -0.310 e. The van der Waals surface area contributed by atoms with E-state index in [0.717, 1.165) is 30.8 Å². The molecule has 1 aliphatic rings. The first kappa shape index (κ1) is 21.8. The number of aryl methyl sites for hydroxylation is 1. The van der Waals surface area contributed by atoms with Gasteiger partial charge in [0.2, 0.25) is 0 Å². The summed E-state index contributed by atoms with van der Waals surface area (Å²) in [6.45, 7) is 1.70. The molecule has 3 atom stereocenters. The van der Waals surface area contributed by atoms with Crippen LogP contribution in [0.25, 0.3) is 11.0 Å². The summed E-state index contributed by atoms with van der Waals surface area (Å²) in [5.74, 6) is 0.583. The molecule has 0 amide bonds. The molecule has 0 unspecified atom stereocenters. The van der Waals surface area contributed by atoms with Crippen molar-refractivity contribution < 1.29 is 13.2 Å². The van der Waals surface area contributed by atoms with E-state index in [2.05, 4.69) is 25.1 Å². The van der Waals surface area contributed by atoms with Gasteiger partial charge in [-0.3, -0.25) is 14.5 Å². The van der Waals surface area contributed by atoms with Gasteiger partial charge in [0.05, 0.1) is 6.04 Å². The molecular weight excluding hydrogens is 449 g/mol. The lowest BCUT2D eigenvalue weighted by molar-refractivity contribution is -0.141. The van der Waals surface area contributed by atoms with Crippen molar-refractivity contribution in [2.24, 2.45) is 7.05 Å². The number of alkyl halides is 3. The van der Waals surface area contributed by atoms with Gasteiger partial charge in [0.15, 0.2) is 11.3 Å². The van der Waals surface area contributed by atoms with E-state index in [1.54, 1.807) is 17.8 Å². The average Bonchev–Trinajstić information content (AvgIpc) is 3.36. The van der Waals surface area contributed by atoms with Gasteiger partial charge < -0.3 is 4.98 Å². The summed E-state index contributed by atoms with van der Waals surface area (Å²) >= 11 is 0. The summed E-state index contributed by atoms with van der Waals surface area (Å²) in [7, 11) is 1.86. The van der Waals surface area contributed by atoms with Crippen LogP contribution in [-0.4, -0.2) is 34.5 Å². The van der Waals surface area contributed by atoms with Gasteiger partial charge in [-0.2, -0.15) is 28.6 Å². The lowest BCUT2D eigenvalue weighted by Crippen LogP contribution is -2.28. The molecule has 1 saturated carbocycles. The van der Waals surface area contributed by atoms with Crippen LogP contribution in [0, 0.1) is 11.3 Å². The standard InChI is InChI=1S/C22H19F3N8O/c1-11(12-3-6-17(27-10-12)22(23,24)25)33-20-18(15(9-26)31-33)21(34)30-19(29-20)14-5-4-13(14)16-7-8-28-32(16)2/h3,6-8,10-11,13-14H,4-5H2,1-2H3,(H,29,30,34)/t11-,13-,14-/m0/s1. The first-order valence-corrected chi connectivity index (χ1v) is 10.6. The number of halogens is 3. The van der Waals surface area contributed by atoms with Crippen molar-refractivity contribution in [3.05, 3.63) is 69.4 Å². The van der Waals surface area contributed by atoms with Crippen molar-refractivity contribution in [3.8, 4) is 6.07 Å². The number of nitrogens with one attached hydrogen (secondary N) is 1. The van der Waals surface area contributed by atoms with Crippen LogP contribution >= 0.6 is 0 Å². The number of H-pyrrole nitrogens is 1. The van der Waals surface area contributed by atoms with Crippen LogP contribution in [0.5, 0.6) is 0 Å². The number of nitriles is 1. The van der Waals surface area contributed by atoms with E-state index in [9.17, 15) is 23.2 Å². The van der Waals surface area contributed by atoms with Gasteiger partial charge in [-0.1, -0.05) is 6.07 Å². The van der Waals surface area contributed by atoms with Crippen LogP contribution < -0.4 is 5.56 Å². The van der Waals surface area contributed by atoms with Crippen molar-refractivity contribution in [2.45, 2.75) is 43.8 Å². The fraction of sp³-hybridized carbons (Fsp3) is 0.364. The normalized spacial score (nSPS) is 19.1. The Morgan fingerprint density at radius 2 is 2.00 bits per heavy atom. The van der Waals surface area contributed by atoms with Crippen molar-refractivity contribution >= 4 is 11.0 Å². The van der Waals surface area contributed by atoms with E-state index >= 15 is 0 Å². The van der Waals surface area contributed by atoms with E-state index in [4.69, 9.17) is 0 Å². The molecule has 0 saturated heterocycles. The van der Waals surface area contributed by atoms with E-state index in [0.29, 0.717) is 11.4 Å². The third kappa shape index (κ3) is 3.44. The molecular formula is C22H19F3N8O. The van der Waals surface area contributed by atoms with Crippen molar-refractivity contribution in [2.75, 3.05) is 0 Å². The molecule has 4 aromatic rings. The third-order valence-electron chi connectivity index (χ3n) is 6.48. The second kappa shape index (κ2) is 7.79. The van der Waals surface area contributed by atoms with Crippen LogP contribution in [0.4, 0.5) is 13.2 Å². The van der Waals surface area contributed by atoms with Gasteiger partial charge in [-0.25, -0.2) is 9.67 Å². The summed E-state index contributed by atoms with van der Waals surface area (Å²) in [6.07, 6.45) is 0.0267.